The average Bonchev–Trinajstić information content (AvgIpc) is 3.15. The van der Waals surface area contributed by atoms with Gasteiger partial charge in [0, 0.05) is 25.3 Å². The SMILES string of the molecule is N#C/C(=C/NC1CC1)C(=O)N1CCCCC1. The number of nitriles is 1. The largest absolute Gasteiger partial charge is 0.387 e. The van der Waals surface area contributed by atoms with Gasteiger partial charge in [0.05, 0.1) is 0 Å². The van der Waals surface area contributed by atoms with E-state index in [1.165, 1.54) is 6.42 Å². The summed E-state index contributed by atoms with van der Waals surface area (Å²) in [5.41, 5.74) is 0.244. The molecular weight excluding hydrogens is 202 g/mol. The first-order valence-corrected chi connectivity index (χ1v) is 5.97. The minimum absolute atomic E-state index is 0.115. The van der Waals surface area contributed by atoms with E-state index in [2.05, 4.69) is 5.32 Å². The third-order valence-electron chi connectivity index (χ3n) is 3.03. The Balaban J connectivity index is 1.93. The van der Waals surface area contributed by atoms with Gasteiger partial charge in [-0.1, -0.05) is 0 Å². The first kappa shape index (κ1) is 11.0. The molecule has 0 atom stereocenters. The summed E-state index contributed by atoms with van der Waals surface area (Å²) in [5, 5.41) is 12.1. The molecule has 1 aliphatic heterocycles. The molecule has 4 nitrogen and oxygen atoms in total. The molecule has 0 radical (unpaired) electrons. The minimum Gasteiger partial charge on any atom is -0.387 e. The lowest BCUT2D eigenvalue weighted by Crippen LogP contribution is -2.36. The summed E-state index contributed by atoms with van der Waals surface area (Å²) < 4.78 is 0. The molecule has 86 valence electrons. The molecule has 1 aliphatic carbocycles. The second-order valence-electron chi connectivity index (χ2n) is 4.46. The standard InChI is InChI=1S/C12H17N3O/c13-8-10(9-14-11-4-5-11)12(16)15-6-2-1-3-7-15/h9,11,14H,1-7H2/b10-9-. The number of amides is 1. The monoisotopic (exact) mass is 219 g/mol. The van der Waals surface area contributed by atoms with E-state index in [1.807, 2.05) is 6.07 Å². The molecule has 2 aliphatic rings. The second-order valence-corrected chi connectivity index (χ2v) is 4.46. The van der Waals surface area contributed by atoms with Crippen LogP contribution in [0.2, 0.25) is 0 Å². The van der Waals surface area contributed by atoms with Crippen LogP contribution >= 0.6 is 0 Å². The third kappa shape index (κ3) is 2.75. The minimum atomic E-state index is -0.115. The Morgan fingerprint density at radius 2 is 2.00 bits per heavy atom. The molecule has 1 N–H and O–H groups in total. The predicted molar refractivity (Wildman–Crippen MR) is 60.3 cm³/mol. The highest BCUT2D eigenvalue weighted by molar-refractivity contribution is 5.97. The van der Waals surface area contributed by atoms with E-state index in [4.69, 9.17) is 5.26 Å². The van der Waals surface area contributed by atoms with Gasteiger partial charge in [-0.2, -0.15) is 5.26 Å². The molecule has 2 fully saturated rings. The Morgan fingerprint density at radius 1 is 1.31 bits per heavy atom. The molecule has 0 aromatic carbocycles. The van der Waals surface area contributed by atoms with Gasteiger partial charge in [-0.25, -0.2) is 0 Å². The van der Waals surface area contributed by atoms with Crippen LogP contribution in [0.25, 0.3) is 0 Å². The number of carbonyl (C=O) groups is 1. The fourth-order valence-corrected chi connectivity index (χ4v) is 1.86. The Bertz CT molecular complexity index is 333. The van der Waals surface area contributed by atoms with E-state index < -0.39 is 0 Å². The summed E-state index contributed by atoms with van der Waals surface area (Å²) in [6.07, 6.45) is 7.19. The van der Waals surface area contributed by atoms with Crippen molar-refractivity contribution in [1.29, 1.82) is 5.26 Å². The van der Waals surface area contributed by atoms with Gasteiger partial charge in [0.2, 0.25) is 0 Å². The van der Waals surface area contributed by atoms with Crippen molar-refractivity contribution in [3.05, 3.63) is 11.8 Å². The first-order valence-electron chi connectivity index (χ1n) is 5.97. The highest BCUT2D eigenvalue weighted by Gasteiger charge is 2.22. The highest BCUT2D eigenvalue weighted by Crippen LogP contribution is 2.19. The number of nitrogens with one attached hydrogen (secondary N) is 1. The fraction of sp³-hybridized carbons (Fsp3) is 0.667. The van der Waals surface area contributed by atoms with E-state index in [0.717, 1.165) is 38.8 Å². The number of nitrogens with zero attached hydrogens (tertiary/aromatic N) is 2. The van der Waals surface area contributed by atoms with Crippen LogP contribution in [0.1, 0.15) is 32.1 Å². The van der Waals surface area contributed by atoms with Gasteiger partial charge < -0.3 is 10.2 Å². The molecule has 1 saturated heterocycles. The van der Waals surface area contributed by atoms with Crippen LogP contribution in [-0.2, 0) is 4.79 Å². The molecule has 1 amide bonds. The lowest BCUT2D eigenvalue weighted by atomic mass is 10.1. The molecule has 2 rings (SSSR count). The lowest BCUT2D eigenvalue weighted by molar-refractivity contribution is -0.127. The normalized spacial score (nSPS) is 21.4. The molecule has 4 heteroatoms. The summed E-state index contributed by atoms with van der Waals surface area (Å²) >= 11 is 0. The molecule has 0 bridgehead atoms. The van der Waals surface area contributed by atoms with Crippen LogP contribution in [0.3, 0.4) is 0 Å². The summed E-state index contributed by atoms with van der Waals surface area (Å²) in [5.74, 6) is -0.115. The highest BCUT2D eigenvalue weighted by atomic mass is 16.2. The van der Waals surface area contributed by atoms with E-state index in [-0.39, 0.29) is 11.5 Å². The van der Waals surface area contributed by atoms with E-state index in [0.29, 0.717) is 6.04 Å². The van der Waals surface area contributed by atoms with Crippen molar-refractivity contribution in [3.8, 4) is 6.07 Å². The van der Waals surface area contributed by atoms with Crippen molar-refractivity contribution < 1.29 is 4.79 Å². The average molecular weight is 219 g/mol. The molecule has 1 heterocycles. The Labute approximate surface area is 95.9 Å². The van der Waals surface area contributed by atoms with E-state index in [1.54, 1.807) is 11.1 Å². The van der Waals surface area contributed by atoms with Crippen molar-refractivity contribution in [1.82, 2.24) is 10.2 Å². The molecule has 0 aromatic heterocycles. The van der Waals surface area contributed by atoms with Gasteiger partial charge in [0.25, 0.3) is 5.91 Å². The third-order valence-corrected chi connectivity index (χ3v) is 3.03. The zero-order valence-electron chi connectivity index (χ0n) is 9.41. The fourth-order valence-electron chi connectivity index (χ4n) is 1.86. The maximum Gasteiger partial charge on any atom is 0.265 e. The quantitative estimate of drug-likeness (QED) is 0.572. The number of piperidine rings is 1. The molecular formula is C12H17N3O. The van der Waals surface area contributed by atoms with Crippen LogP contribution in [0.4, 0.5) is 0 Å². The van der Waals surface area contributed by atoms with Crippen molar-refractivity contribution in [3.63, 3.8) is 0 Å². The molecule has 0 aromatic rings. The second kappa shape index (κ2) is 5.02. The summed E-state index contributed by atoms with van der Waals surface area (Å²) in [7, 11) is 0. The summed E-state index contributed by atoms with van der Waals surface area (Å²) in [6.45, 7) is 1.59. The number of rotatable bonds is 3. The number of carbonyl (C=O) groups excluding carboxylic acids is 1. The zero-order valence-corrected chi connectivity index (χ0v) is 9.41. The summed E-state index contributed by atoms with van der Waals surface area (Å²) in [6, 6.07) is 2.47. The Hall–Kier alpha value is -1.50. The van der Waals surface area contributed by atoms with Gasteiger partial charge in [-0.05, 0) is 32.1 Å². The number of hydrogen-bond acceptors (Lipinski definition) is 3. The maximum atomic E-state index is 12.0. The van der Waals surface area contributed by atoms with Crippen LogP contribution in [-0.4, -0.2) is 29.9 Å². The van der Waals surface area contributed by atoms with Crippen molar-refractivity contribution in [2.75, 3.05) is 13.1 Å². The molecule has 1 saturated carbocycles. The predicted octanol–water partition coefficient (Wildman–Crippen LogP) is 1.16. The maximum absolute atomic E-state index is 12.0. The Morgan fingerprint density at radius 3 is 2.56 bits per heavy atom. The number of likely N-dealkylation sites (tertiary alicyclic amines) is 1. The van der Waals surface area contributed by atoms with Gasteiger partial charge in [-0.3, -0.25) is 4.79 Å². The van der Waals surface area contributed by atoms with Gasteiger partial charge in [0.15, 0.2) is 0 Å². The smallest absolute Gasteiger partial charge is 0.265 e. The topological polar surface area (TPSA) is 56.1 Å². The lowest BCUT2D eigenvalue weighted by Gasteiger charge is -2.26. The van der Waals surface area contributed by atoms with Gasteiger partial charge >= 0.3 is 0 Å². The zero-order chi connectivity index (χ0) is 11.4. The van der Waals surface area contributed by atoms with Gasteiger partial charge in [0.1, 0.15) is 11.6 Å². The molecule has 0 spiro atoms. The van der Waals surface area contributed by atoms with E-state index >= 15 is 0 Å². The first-order chi connectivity index (χ1) is 7.81. The molecule has 16 heavy (non-hydrogen) atoms. The Kier molecular flexibility index (Phi) is 3.45. The number of hydrogen-bond donors (Lipinski definition) is 1. The van der Waals surface area contributed by atoms with Crippen LogP contribution in [0.5, 0.6) is 0 Å². The summed E-state index contributed by atoms with van der Waals surface area (Å²) in [4.78, 5) is 13.7. The van der Waals surface area contributed by atoms with Gasteiger partial charge in [-0.15, -0.1) is 0 Å². The van der Waals surface area contributed by atoms with E-state index in [9.17, 15) is 4.79 Å². The van der Waals surface area contributed by atoms with Crippen LogP contribution in [0.15, 0.2) is 11.8 Å². The molecule has 0 unspecified atom stereocenters. The van der Waals surface area contributed by atoms with Crippen molar-refractivity contribution in [2.24, 2.45) is 0 Å². The van der Waals surface area contributed by atoms with Crippen molar-refractivity contribution >= 4 is 5.91 Å². The van der Waals surface area contributed by atoms with Crippen LogP contribution < -0.4 is 5.32 Å². The van der Waals surface area contributed by atoms with Crippen molar-refractivity contribution in [2.45, 2.75) is 38.1 Å². The van der Waals surface area contributed by atoms with Crippen LogP contribution in [0, 0.1) is 11.3 Å².